The van der Waals surface area contributed by atoms with E-state index in [9.17, 15) is 9.90 Å². The van der Waals surface area contributed by atoms with Gasteiger partial charge in [-0.15, -0.1) is 0 Å². The zero-order valence-electron chi connectivity index (χ0n) is 10.2. The summed E-state index contributed by atoms with van der Waals surface area (Å²) in [5, 5.41) is 12.7. The molecule has 4 N–H and O–H groups in total. The minimum atomic E-state index is -0.274. The van der Waals surface area contributed by atoms with E-state index in [0.29, 0.717) is 10.6 Å². The van der Waals surface area contributed by atoms with Crippen LogP contribution in [0.25, 0.3) is 0 Å². The molecule has 2 unspecified atom stereocenters. The molecule has 1 fully saturated rings. The number of rotatable bonds is 3. The largest absolute Gasteiger partial charge is 0.507 e. The monoisotopic (exact) mass is 390 g/mol. The number of benzene rings is 1. The Kier molecular flexibility index (Phi) is 4.62. The number of thiocarbonyl (C=S) groups is 1. The molecule has 1 aliphatic rings. The first-order valence-electron chi connectivity index (χ1n) is 6.07. The molecule has 1 aliphatic carbocycles. The fraction of sp³-hybridized carbons (Fsp3) is 0.385. The molecule has 1 aromatic carbocycles. The third kappa shape index (κ3) is 3.36. The normalized spacial score (nSPS) is 22.2. The van der Waals surface area contributed by atoms with Crippen LogP contribution >= 0.6 is 34.8 Å². The van der Waals surface area contributed by atoms with E-state index in [0.717, 1.165) is 22.8 Å². The van der Waals surface area contributed by atoms with Crippen molar-refractivity contribution in [2.75, 3.05) is 0 Å². The number of nitrogens with one attached hydrogen (secondary N) is 1. The molecule has 0 radical (unpaired) electrons. The number of carbonyl (C=O) groups is 1. The van der Waals surface area contributed by atoms with Gasteiger partial charge in [-0.2, -0.15) is 0 Å². The van der Waals surface area contributed by atoms with E-state index >= 15 is 0 Å². The van der Waals surface area contributed by atoms with Gasteiger partial charge >= 0.3 is 0 Å². The number of aromatic hydroxyl groups is 1. The van der Waals surface area contributed by atoms with Crippen LogP contribution in [0.15, 0.2) is 18.2 Å². The predicted octanol–water partition coefficient (Wildman–Crippen LogP) is 2.18. The summed E-state index contributed by atoms with van der Waals surface area (Å²) in [5.74, 6) is -0.226. The number of halogens is 1. The maximum Gasteiger partial charge on any atom is 0.255 e. The van der Waals surface area contributed by atoms with Gasteiger partial charge in [0.1, 0.15) is 5.75 Å². The van der Waals surface area contributed by atoms with Crippen LogP contribution < -0.4 is 11.1 Å². The molecule has 2 atom stereocenters. The summed E-state index contributed by atoms with van der Waals surface area (Å²) in [5.41, 5.74) is 5.98. The average molecular weight is 390 g/mol. The van der Waals surface area contributed by atoms with Gasteiger partial charge in [-0.25, -0.2) is 0 Å². The molecular formula is C13H15IN2O2S. The first kappa shape index (κ1) is 14.5. The van der Waals surface area contributed by atoms with Crippen molar-refractivity contribution in [3.05, 3.63) is 27.3 Å². The lowest BCUT2D eigenvalue weighted by Crippen LogP contribution is -2.41. The summed E-state index contributed by atoms with van der Waals surface area (Å²) < 4.78 is 0.901. The van der Waals surface area contributed by atoms with E-state index < -0.39 is 0 Å². The van der Waals surface area contributed by atoms with Crippen molar-refractivity contribution in [2.24, 2.45) is 11.7 Å². The van der Waals surface area contributed by atoms with E-state index in [2.05, 4.69) is 27.9 Å². The van der Waals surface area contributed by atoms with Gasteiger partial charge in [-0.05, 0) is 53.6 Å². The third-order valence-corrected chi connectivity index (χ3v) is 4.37. The van der Waals surface area contributed by atoms with Gasteiger partial charge in [0.2, 0.25) is 0 Å². The molecule has 6 heteroatoms. The van der Waals surface area contributed by atoms with E-state index in [-0.39, 0.29) is 23.6 Å². The zero-order chi connectivity index (χ0) is 14.0. The van der Waals surface area contributed by atoms with Gasteiger partial charge in [-0.3, -0.25) is 4.79 Å². The Balaban J connectivity index is 2.12. The highest BCUT2D eigenvalue weighted by atomic mass is 127. The summed E-state index contributed by atoms with van der Waals surface area (Å²) in [6.45, 7) is 0. The standard InChI is InChI=1S/C13H15IN2O2S/c14-7-4-5-11(17)9(6-7)13(18)16-10-3-1-2-8(10)12(15)19/h4-6,8,10,17H,1-3H2,(H2,15,19)(H,16,18). The minimum Gasteiger partial charge on any atom is -0.507 e. The molecule has 0 aliphatic heterocycles. The Morgan fingerprint density at radius 1 is 1.47 bits per heavy atom. The van der Waals surface area contributed by atoms with Crippen LogP contribution in [0.3, 0.4) is 0 Å². The smallest absolute Gasteiger partial charge is 0.255 e. The lowest BCUT2D eigenvalue weighted by atomic mass is 10.0. The molecule has 102 valence electrons. The van der Waals surface area contributed by atoms with Gasteiger partial charge < -0.3 is 16.2 Å². The Labute approximate surface area is 130 Å². The van der Waals surface area contributed by atoms with Crippen molar-refractivity contribution >= 4 is 45.7 Å². The molecule has 0 bridgehead atoms. The second-order valence-corrected chi connectivity index (χ2v) is 6.40. The van der Waals surface area contributed by atoms with Crippen molar-refractivity contribution < 1.29 is 9.90 Å². The Morgan fingerprint density at radius 2 is 2.21 bits per heavy atom. The Hall–Kier alpha value is -0.890. The summed E-state index contributed by atoms with van der Waals surface area (Å²) >= 11 is 7.13. The number of carbonyl (C=O) groups excluding carboxylic acids is 1. The van der Waals surface area contributed by atoms with Crippen LogP contribution in [0.4, 0.5) is 0 Å². The highest BCUT2D eigenvalue weighted by molar-refractivity contribution is 14.1. The topological polar surface area (TPSA) is 75.3 Å². The summed E-state index contributed by atoms with van der Waals surface area (Å²) in [7, 11) is 0. The first-order valence-corrected chi connectivity index (χ1v) is 7.56. The maximum atomic E-state index is 12.2. The van der Waals surface area contributed by atoms with Crippen LogP contribution in [0.2, 0.25) is 0 Å². The Bertz CT molecular complexity index is 521. The van der Waals surface area contributed by atoms with Crippen molar-refractivity contribution in [1.82, 2.24) is 5.32 Å². The predicted molar refractivity (Wildman–Crippen MR) is 86.2 cm³/mol. The van der Waals surface area contributed by atoms with E-state index in [1.54, 1.807) is 12.1 Å². The van der Waals surface area contributed by atoms with Crippen molar-refractivity contribution in [1.29, 1.82) is 0 Å². The molecule has 1 aromatic rings. The number of phenolic OH excluding ortho intramolecular Hbond substituents is 1. The minimum absolute atomic E-state index is 0.0113. The van der Waals surface area contributed by atoms with Gasteiger partial charge in [0.15, 0.2) is 0 Å². The third-order valence-electron chi connectivity index (χ3n) is 3.40. The van der Waals surface area contributed by atoms with Crippen molar-refractivity contribution in [2.45, 2.75) is 25.3 Å². The maximum absolute atomic E-state index is 12.2. The molecule has 0 aromatic heterocycles. The number of hydrogen-bond acceptors (Lipinski definition) is 3. The summed E-state index contributed by atoms with van der Waals surface area (Å²) in [6.07, 6.45) is 2.79. The lowest BCUT2D eigenvalue weighted by molar-refractivity contribution is 0.0931. The summed E-state index contributed by atoms with van der Waals surface area (Å²) in [6, 6.07) is 4.91. The van der Waals surface area contributed by atoms with Gasteiger partial charge in [-0.1, -0.05) is 18.6 Å². The van der Waals surface area contributed by atoms with Gasteiger partial charge in [0.25, 0.3) is 5.91 Å². The highest BCUT2D eigenvalue weighted by Crippen LogP contribution is 2.27. The molecule has 0 heterocycles. The van der Waals surface area contributed by atoms with Crippen molar-refractivity contribution in [3.8, 4) is 5.75 Å². The van der Waals surface area contributed by atoms with Crippen LogP contribution in [-0.2, 0) is 0 Å². The van der Waals surface area contributed by atoms with Crippen LogP contribution in [0.1, 0.15) is 29.6 Å². The first-order chi connectivity index (χ1) is 8.99. The van der Waals surface area contributed by atoms with Crippen LogP contribution in [-0.4, -0.2) is 22.0 Å². The number of phenols is 1. The second-order valence-electron chi connectivity index (χ2n) is 4.68. The van der Waals surface area contributed by atoms with E-state index in [1.807, 2.05) is 0 Å². The van der Waals surface area contributed by atoms with Crippen molar-refractivity contribution in [3.63, 3.8) is 0 Å². The molecule has 1 saturated carbocycles. The van der Waals surface area contributed by atoms with Crippen LogP contribution in [0.5, 0.6) is 5.75 Å². The van der Waals surface area contributed by atoms with Gasteiger partial charge in [0, 0.05) is 15.5 Å². The average Bonchev–Trinajstić information content (AvgIpc) is 2.80. The fourth-order valence-electron chi connectivity index (χ4n) is 2.41. The SMILES string of the molecule is NC(=S)C1CCCC1NC(=O)c1cc(I)ccc1O. The molecule has 0 spiro atoms. The van der Waals surface area contributed by atoms with Crippen LogP contribution in [0, 0.1) is 9.49 Å². The molecular weight excluding hydrogens is 375 g/mol. The molecule has 0 saturated heterocycles. The second kappa shape index (κ2) is 6.04. The summed E-state index contributed by atoms with van der Waals surface area (Å²) in [4.78, 5) is 12.6. The molecule has 19 heavy (non-hydrogen) atoms. The lowest BCUT2D eigenvalue weighted by Gasteiger charge is -2.20. The quantitative estimate of drug-likeness (QED) is 0.547. The van der Waals surface area contributed by atoms with Gasteiger partial charge in [0.05, 0.1) is 10.6 Å². The number of amides is 1. The van der Waals surface area contributed by atoms with E-state index in [1.165, 1.54) is 6.07 Å². The number of nitrogens with two attached hydrogens (primary N) is 1. The zero-order valence-corrected chi connectivity index (χ0v) is 13.2. The highest BCUT2D eigenvalue weighted by Gasteiger charge is 2.31. The molecule has 2 rings (SSSR count). The molecule has 1 amide bonds. The van der Waals surface area contributed by atoms with E-state index in [4.69, 9.17) is 18.0 Å². The number of hydrogen-bond donors (Lipinski definition) is 3. The fourth-order valence-corrected chi connectivity index (χ4v) is 3.18. The Morgan fingerprint density at radius 3 is 2.89 bits per heavy atom. The molecule has 4 nitrogen and oxygen atoms in total.